The lowest BCUT2D eigenvalue weighted by Gasteiger charge is -2.13. The number of aryl methyl sites for hydroxylation is 2. The molecule has 0 aliphatic rings. The van der Waals surface area contributed by atoms with E-state index in [4.69, 9.17) is 10.5 Å². The Kier molecular flexibility index (Phi) is 3.52. The number of nitrogens with zero attached hydrogens (tertiary/aromatic N) is 2. The Bertz CT molecular complexity index is 307. The first-order chi connectivity index (χ1) is 6.60. The van der Waals surface area contributed by atoms with Gasteiger partial charge in [0.05, 0.1) is 17.4 Å². The van der Waals surface area contributed by atoms with Gasteiger partial charge in [-0.2, -0.15) is 5.10 Å². The molecule has 1 aromatic heterocycles. The fourth-order valence-corrected chi connectivity index (χ4v) is 1.34. The van der Waals surface area contributed by atoms with E-state index in [1.807, 2.05) is 20.9 Å². The maximum Gasteiger partial charge on any atom is 0.216 e. The van der Waals surface area contributed by atoms with Crippen LogP contribution in [0.15, 0.2) is 0 Å². The lowest BCUT2D eigenvalue weighted by atomic mass is 10.2. The summed E-state index contributed by atoms with van der Waals surface area (Å²) in [5.41, 5.74) is 7.61. The molecule has 0 aliphatic carbocycles. The van der Waals surface area contributed by atoms with Crippen LogP contribution in [0.5, 0.6) is 5.88 Å². The molecule has 0 amide bonds. The lowest BCUT2D eigenvalue weighted by Crippen LogP contribution is -2.14. The van der Waals surface area contributed by atoms with Crippen LogP contribution in [0.25, 0.3) is 0 Å². The molecule has 1 heterocycles. The van der Waals surface area contributed by atoms with Crippen LogP contribution in [-0.4, -0.2) is 15.9 Å². The molecule has 1 aromatic rings. The summed E-state index contributed by atoms with van der Waals surface area (Å²) in [5, 5.41) is 4.28. The molecule has 0 fully saturated rings. The Balaban J connectivity index is 2.94. The maximum absolute atomic E-state index is 5.76. The highest BCUT2D eigenvalue weighted by molar-refractivity contribution is 5.30. The Hall–Kier alpha value is -1.03. The minimum atomic E-state index is 0.204. The molecule has 4 heteroatoms. The van der Waals surface area contributed by atoms with Gasteiger partial charge in [-0.25, -0.2) is 4.68 Å². The van der Waals surface area contributed by atoms with E-state index in [0.717, 1.165) is 23.6 Å². The Morgan fingerprint density at radius 2 is 2.21 bits per heavy atom. The van der Waals surface area contributed by atoms with E-state index in [9.17, 15) is 0 Å². The predicted molar refractivity (Wildman–Crippen MR) is 56.2 cm³/mol. The molecule has 4 nitrogen and oxygen atoms in total. The van der Waals surface area contributed by atoms with Gasteiger partial charge in [-0.3, -0.25) is 0 Å². The summed E-state index contributed by atoms with van der Waals surface area (Å²) in [7, 11) is 1.88. The minimum absolute atomic E-state index is 0.204. The average Bonchev–Trinajstić information content (AvgIpc) is 2.41. The van der Waals surface area contributed by atoms with Crippen LogP contribution >= 0.6 is 0 Å². The van der Waals surface area contributed by atoms with Gasteiger partial charge in [-0.05, 0) is 20.3 Å². The van der Waals surface area contributed by atoms with Gasteiger partial charge in [0.1, 0.15) is 0 Å². The molecule has 1 rings (SSSR count). The zero-order valence-corrected chi connectivity index (χ0v) is 9.37. The zero-order chi connectivity index (χ0) is 10.7. The number of ether oxygens (including phenoxy) is 1. The topological polar surface area (TPSA) is 53.1 Å². The summed E-state index contributed by atoms with van der Waals surface area (Å²) in [4.78, 5) is 0. The van der Waals surface area contributed by atoms with Crippen LogP contribution in [0.1, 0.15) is 31.5 Å². The quantitative estimate of drug-likeness (QED) is 0.793. The first kappa shape index (κ1) is 11.0. The summed E-state index contributed by atoms with van der Waals surface area (Å²) in [6, 6.07) is 0. The highest BCUT2D eigenvalue weighted by Gasteiger charge is 2.14. The first-order valence-electron chi connectivity index (χ1n) is 4.99. The van der Waals surface area contributed by atoms with Crippen molar-refractivity contribution in [1.82, 2.24) is 9.78 Å². The fraction of sp³-hybridized carbons (Fsp3) is 0.700. The van der Waals surface area contributed by atoms with Gasteiger partial charge in [0.15, 0.2) is 0 Å². The van der Waals surface area contributed by atoms with Crippen molar-refractivity contribution in [2.45, 2.75) is 39.8 Å². The largest absolute Gasteiger partial charge is 0.475 e. The molecule has 1 unspecified atom stereocenters. The lowest BCUT2D eigenvalue weighted by molar-refractivity contribution is 0.197. The van der Waals surface area contributed by atoms with Crippen LogP contribution in [0.3, 0.4) is 0 Å². The predicted octanol–water partition coefficient (Wildman–Crippen LogP) is 1.36. The van der Waals surface area contributed by atoms with E-state index in [0.29, 0.717) is 6.54 Å². The molecule has 0 aromatic carbocycles. The number of hydrogen-bond donors (Lipinski definition) is 1. The van der Waals surface area contributed by atoms with Crippen LogP contribution in [0, 0.1) is 6.92 Å². The van der Waals surface area contributed by atoms with Crippen molar-refractivity contribution in [3.63, 3.8) is 0 Å². The van der Waals surface area contributed by atoms with E-state index in [2.05, 4.69) is 12.0 Å². The first-order valence-corrected chi connectivity index (χ1v) is 4.99. The fourth-order valence-electron chi connectivity index (χ4n) is 1.34. The van der Waals surface area contributed by atoms with Gasteiger partial charge < -0.3 is 10.5 Å². The molecule has 1 atom stereocenters. The summed E-state index contributed by atoms with van der Waals surface area (Å²) in [5.74, 6) is 0.805. The summed E-state index contributed by atoms with van der Waals surface area (Å²) in [6.07, 6.45) is 1.18. The molecule has 0 saturated heterocycles. The smallest absolute Gasteiger partial charge is 0.216 e. The molecule has 0 aliphatic heterocycles. The van der Waals surface area contributed by atoms with Crippen molar-refractivity contribution in [2.24, 2.45) is 12.8 Å². The SMILES string of the molecule is CCC(C)Oc1c(CN)c(C)nn1C. The third-order valence-electron chi connectivity index (χ3n) is 2.38. The second-order valence-corrected chi connectivity index (χ2v) is 3.53. The van der Waals surface area contributed by atoms with Crippen molar-refractivity contribution in [2.75, 3.05) is 0 Å². The molecule has 0 radical (unpaired) electrons. The van der Waals surface area contributed by atoms with Gasteiger partial charge in [0.25, 0.3) is 0 Å². The highest BCUT2D eigenvalue weighted by Crippen LogP contribution is 2.22. The number of hydrogen-bond acceptors (Lipinski definition) is 3. The molecule has 0 spiro atoms. The Labute approximate surface area is 85.0 Å². The van der Waals surface area contributed by atoms with E-state index in [1.165, 1.54) is 0 Å². The molecular formula is C10H19N3O. The van der Waals surface area contributed by atoms with Gasteiger partial charge in [0.2, 0.25) is 5.88 Å². The molecule has 0 bridgehead atoms. The van der Waals surface area contributed by atoms with Gasteiger partial charge in [0, 0.05) is 13.6 Å². The standard InChI is InChI=1S/C10H19N3O/c1-5-7(2)14-10-9(6-11)8(3)12-13(10)4/h7H,5-6,11H2,1-4H3. The van der Waals surface area contributed by atoms with Gasteiger partial charge in [-0.15, -0.1) is 0 Å². The van der Waals surface area contributed by atoms with Crippen LogP contribution in [-0.2, 0) is 13.6 Å². The normalized spacial score (nSPS) is 12.9. The Morgan fingerprint density at radius 3 is 2.71 bits per heavy atom. The van der Waals surface area contributed by atoms with E-state index >= 15 is 0 Å². The summed E-state index contributed by atoms with van der Waals surface area (Å²) >= 11 is 0. The van der Waals surface area contributed by atoms with Crippen molar-refractivity contribution in [3.05, 3.63) is 11.3 Å². The van der Waals surface area contributed by atoms with Crippen molar-refractivity contribution >= 4 is 0 Å². The van der Waals surface area contributed by atoms with E-state index < -0.39 is 0 Å². The van der Waals surface area contributed by atoms with E-state index in [1.54, 1.807) is 4.68 Å². The van der Waals surface area contributed by atoms with E-state index in [-0.39, 0.29) is 6.10 Å². The summed E-state index contributed by atoms with van der Waals surface area (Å²) < 4.78 is 7.51. The monoisotopic (exact) mass is 197 g/mol. The molecule has 0 saturated carbocycles. The average molecular weight is 197 g/mol. The van der Waals surface area contributed by atoms with Gasteiger partial charge >= 0.3 is 0 Å². The zero-order valence-electron chi connectivity index (χ0n) is 9.37. The van der Waals surface area contributed by atoms with Crippen molar-refractivity contribution in [1.29, 1.82) is 0 Å². The minimum Gasteiger partial charge on any atom is -0.475 e. The summed E-state index contributed by atoms with van der Waals surface area (Å²) in [6.45, 7) is 6.57. The Morgan fingerprint density at radius 1 is 1.57 bits per heavy atom. The molecule has 14 heavy (non-hydrogen) atoms. The number of aromatic nitrogens is 2. The highest BCUT2D eigenvalue weighted by atomic mass is 16.5. The molecule has 80 valence electrons. The number of nitrogens with two attached hydrogens (primary N) is 1. The van der Waals surface area contributed by atoms with Gasteiger partial charge in [-0.1, -0.05) is 6.92 Å². The van der Waals surface area contributed by atoms with Crippen molar-refractivity contribution < 1.29 is 4.74 Å². The maximum atomic E-state index is 5.76. The third-order valence-corrected chi connectivity index (χ3v) is 2.38. The van der Waals surface area contributed by atoms with Crippen LogP contribution in [0.4, 0.5) is 0 Å². The second kappa shape index (κ2) is 4.46. The van der Waals surface area contributed by atoms with Crippen molar-refractivity contribution in [3.8, 4) is 5.88 Å². The third kappa shape index (κ3) is 2.07. The molecular weight excluding hydrogens is 178 g/mol. The van der Waals surface area contributed by atoms with Crippen LogP contribution < -0.4 is 10.5 Å². The molecule has 2 N–H and O–H groups in total. The van der Waals surface area contributed by atoms with Crippen LogP contribution in [0.2, 0.25) is 0 Å². The second-order valence-electron chi connectivity index (χ2n) is 3.53. The number of rotatable bonds is 4.